The maximum absolute atomic E-state index is 13.3. The van der Waals surface area contributed by atoms with E-state index < -0.39 is 17.7 Å². The van der Waals surface area contributed by atoms with Crippen LogP contribution in [-0.4, -0.2) is 49.5 Å². The van der Waals surface area contributed by atoms with Crippen LogP contribution < -0.4 is 16.0 Å². The molecule has 1 aromatic carbocycles. The Hall–Kier alpha value is -2.71. The van der Waals surface area contributed by atoms with Gasteiger partial charge in [-0.2, -0.15) is 0 Å². The number of amides is 3. The smallest absolute Gasteiger partial charge is 0.324 e. The molecule has 0 aromatic heterocycles. The number of carbonyl (C=O) groups is 2. The van der Waals surface area contributed by atoms with Crippen molar-refractivity contribution < 1.29 is 18.4 Å². The monoisotopic (exact) mass is 339 g/mol. The van der Waals surface area contributed by atoms with Gasteiger partial charge in [0.2, 0.25) is 5.91 Å². The van der Waals surface area contributed by atoms with E-state index in [2.05, 4.69) is 20.9 Å². The molecule has 1 atom stereocenters. The molecule has 1 aliphatic heterocycles. The number of urea groups is 1. The van der Waals surface area contributed by atoms with E-state index in [4.69, 9.17) is 0 Å². The van der Waals surface area contributed by atoms with Crippen molar-refractivity contribution in [1.29, 1.82) is 0 Å². The van der Waals surface area contributed by atoms with Crippen molar-refractivity contribution in [2.75, 3.05) is 26.7 Å². The molecule has 7 nitrogen and oxygen atoms in total. The van der Waals surface area contributed by atoms with Crippen LogP contribution >= 0.6 is 0 Å². The van der Waals surface area contributed by atoms with E-state index in [1.165, 1.54) is 6.07 Å². The van der Waals surface area contributed by atoms with Gasteiger partial charge in [0, 0.05) is 20.1 Å². The van der Waals surface area contributed by atoms with Crippen LogP contribution in [0.1, 0.15) is 18.5 Å². The van der Waals surface area contributed by atoms with Crippen molar-refractivity contribution in [2.45, 2.75) is 13.0 Å². The third-order valence-corrected chi connectivity index (χ3v) is 3.59. The predicted octanol–water partition coefficient (Wildman–Crippen LogP) is 0.743. The van der Waals surface area contributed by atoms with E-state index >= 15 is 0 Å². The number of hydrogen-bond donors (Lipinski definition) is 3. The average Bonchev–Trinajstić information content (AvgIpc) is 2.88. The van der Waals surface area contributed by atoms with Crippen LogP contribution in [0.15, 0.2) is 23.2 Å². The van der Waals surface area contributed by atoms with Crippen molar-refractivity contribution in [2.24, 2.45) is 4.99 Å². The molecule has 3 N–H and O–H groups in total. The Labute approximate surface area is 138 Å². The second-order valence-corrected chi connectivity index (χ2v) is 5.24. The number of halogens is 2. The van der Waals surface area contributed by atoms with Gasteiger partial charge in [0.05, 0.1) is 12.6 Å². The zero-order chi connectivity index (χ0) is 17.7. The summed E-state index contributed by atoms with van der Waals surface area (Å²) in [6.07, 6.45) is 0. The first-order valence-corrected chi connectivity index (χ1v) is 7.42. The standard InChI is InChI=1S/C15H19F2N5O2/c1-9(10-3-4-11(16)12(17)7-10)21-14(18-2)19-5-6-22-13(23)8-20-15(22)24/h3-4,7,9H,5-6,8H2,1-2H3,(H,20,24)(H2,18,19,21). The first kappa shape index (κ1) is 17.6. The minimum atomic E-state index is -0.914. The molecule has 9 heteroatoms. The number of rotatable bonds is 5. The number of nitrogens with one attached hydrogen (secondary N) is 3. The molecule has 3 amide bonds. The van der Waals surface area contributed by atoms with E-state index in [1.54, 1.807) is 14.0 Å². The van der Waals surface area contributed by atoms with Crippen molar-refractivity contribution in [3.05, 3.63) is 35.4 Å². The van der Waals surface area contributed by atoms with Crippen LogP contribution in [0.4, 0.5) is 13.6 Å². The van der Waals surface area contributed by atoms with Gasteiger partial charge < -0.3 is 16.0 Å². The summed E-state index contributed by atoms with van der Waals surface area (Å²) in [4.78, 5) is 28.0. The maximum atomic E-state index is 13.3. The first-order chi connectivity index (χ1) is 11.4. The fourth-order valence-electron chi connectivity index (χ4n) is 2.23. The number of imide groups is 1. The maximum Gasteiger partial charge on any atom is 0.324 e. The Bertz CT molecular complexity index is 649. The molecule has 1 fully saturated rings. The zero-order valence-corrected chi connectivity index (χ0v) is 13.4. The van der Waals surface area contributed by atoms with E-state index in [9.17, 15) is 18.4 Å². The molecule has 2 rings (SSSR count). The van der Waals surface area contributed by atoms with Crippen molar-refractivity contribution in [3.63, 3.8) is 0 Å². The van der Waals surface area contributed by atoms with Gasteiger partial charge in [-0.1, -0.05) is 6.07 Å². The average molecular weight is 339 g/mol. The van der Waals surface area contributed by atoms with Gasteiger partial charge >= 0.3 is 6.03 Å². The molecule has 0 bridgehead atoms. The topological polar surface area (TPSA) is 85.8 Å². The van der Waals surface area contributed by atoms with Crippen LogP contribution in [0.2, 0.25) is 0 Å². The minimum Gasteiger partial charge on any atom is -0.355 e. The summed E-state index contributed by atoms with van der Waals surface area (Å²) in [5.74, 6) is -1.68. The molecular formula is C15H19F2N5O2. The lowest BCUT2D eigenvalue weighted by molar-refractivity contribution is -0.124. The Balaban J connectivity index is 1.86. The molecule has 1 unspecified atom stereocenters. The Morgan fingerprint density at radius 2 is 2.12 bits per heavy atom. The van der Waals surface area contributed by atoms with E-state index in [1.807, 2.05) is 0 Å². The molecule has 0 spiro atoms. The van der Waals surface area contributed by atoms with E-state index in [-0.39, 0.29) is 25.0 Å². The predicted molar refractivity (Wildman–Crippen MR) is 84.4 cm³/mol. The molecule has 0 radical (unpaired) electrons. The summed E-state index contributed by atoms with van der Waals surface area (Å²) in [7, 11) is 1.56. The Morgan fingerprint density at radius 3 is 2.71 bits per heavy atom. The highest BCUT2D eigenvalue weighted by Gasteiger charge is 2.27. The van der Waals surface area contributed by atoms with Gasteiger partial charge in [-0.15, -0.1) is 0 Å². The SMILES string of the molecule is CN=C(NCCN1C(=O)CNC1=O)NC(C)c1ccc(F)c(F)c1. The second kappa shape index (κ2) is 7.71. The molecule has 130 valence electrons. The highest BCUT2D eigenvalue weighted by molar-refractivity contribution is 6.01. The summed E-state index contributed by atoms with van der Waals surface area (Å²) in [5, 5.41) is 8.42. The number of aliphatic imine (C=N–C) groups is 1. The van der Waals surface area contributed by atoms with Crippen LogP contribution in [0, 0.1) is 11.6 Å². The molecule has 1 saturated heterocycles. The lowest BCUT2D eigenvalue weighted by Gasteiger charge is -2.19. The van der Waals surface area contributed by atoms with Gasteiger partial charge in [0.1, 0.15) is 0 Å². The number of nitrogens with zero attached hydrogens (tertiary/aromatic N) is 2. The molecule has 0 aliphatic carbocycles. The van der Waals surface area contributed by atoms with Gasteiger partial charge in [-0.3, -0.25) is 14.7 Å². The quantitative estimate of drug-likeness (QED) is 0.420. The summed E-state index contributed by atoms with van der Waals surface area (Å²) in [5.41, 5.74) is 0.561. The zero-order valence-electron chi connectivity index (χ0n) is 13.4. The lowest BCUT2D eigenvalue weighted by atomic mass is 10.1. The number of benzene rings is 1. The van der Waals surface area contributed by atoms with E-state index in [0.717, 1.165) is 17.0 Å². The fraction of sp³-hybridized carbons (Fsp3) is 0.400. The third kappa shape index (κ3) is 4.18. The van der Waals surface area contributed by atoms with Crippen molar-refractivity contribution in [1.82, 2.24) is 20.9 Å². The minimum absolute atomic E-state index is 0.0129. The highest BCUT2D eigenvalue weighted by Crippen LogP contribution is 2.15. The second-order valence-electron chi connectivity index (χ2n) is 5.24. The largest absolute Gasteiger partial charge is 0.355 e. The molecule has 1 heterocycles. The molecule has 0 saturated carbocycles. The molecule has 1 aromatic rings. The normalized spacial score (nSPS) is 16.2. The summed E-state index contributed by atoms with van der Waals surface area (Å²) < 4.78 is 26.3. The molecular weight excluding hydrogens is 320 g/mol. The Kier molecular flexibility index (Phi) is 5.67. The van der Waals surface area contributed by atoms with E-state index in [0.29, 0.717) is 18.1 Å². The number of carbonyl (C=O) groups excluding carboxylic acids is 2. The number of hydrogen-bond acceptors (Lipinski definition) is 3. The Morgan fingerprint density at radius 1 is 1.38 bits per heavy atom. The van der Waals surface area contributed by atoms with Gasteiger partial charge in [0.15, 0.2) is 17.6 Å². The van der Waals surface area contributed by atoms with Crippen molar-refractivity contribution in [3.8, 4) is 0 Å². The van der Waals surface area contributed by atoms with Crippen LogP contribution in [0.3, 0.4) is 0 Å². The lowest BCUT2D eigenvalue weighted by Crippen LogP contribution is -2.43. The van der Waals surface area contributed by atoms with Gasteiger partial charge in [0.25, 0.3) is 0 Å². The highest BCUT2D eigenvalue weighted by atomic mass is 19.2. The fourth-order valence-corrected chi connectivity index (χ4v) is 2.23. The summed E-state index contributed by atoms with van der Waals surface area (Å²) >= 11 is 0. The molecule has 1 aliphatic rings. The first-order valence-electron chi connectivity index (χ1n) is 7.42. The van der Waals surface area contributed by atoms with Crippen molar-refractivity contribution >= 4 is 17.9 Å². The third-order valence-electron chi connectivity index (χ3n) is 3.59. The van der Waals surface area contributed by atoms with Crippen LogP contribution in [-0.2, 0) is 4.79 Å². The summed E-state index contributed by atoms with van der Waals surface area (Å²) in [6.45, 7) is 2.30. The molecule has 24 heavy (non-hydrogen) atoms. The van der Waals surface area contributed by atoms with Gasteiger partial charge in [-0.05, 0) is 24.6 Å². The number of guanidine groups is 1. The summed E-state index contributed by atoms with van der Waals surface area (Å²) in [6, 6.07) is 2.93. The van der Waals surface area contributed by atoms with Crippen LogP contribution in [0.5, 0.6) is 0 Å². The van der Waals surface area contributed by atoms with Crippen LogP contribution in [0.25, 0.3) is 0 Å². The van der Waals surface area contributed by atoms with Gasteiger partial charge in [-0.25, -0.2) is 13.6 Å².